The Morgan fingerprint density at radius 1 is 1.00 bits per heavy atom. The van der Waals surface area contributed by atoms with E-state index in [1.165, 1.54) is 0 Å². The van der Waals surface area contributed by atoms with Gasteiger partial charge in [-0.3, -0.25) is 4.79 Å². The Balaban J connectivity index is 1.73. The number of aryl methyl sites for hydroxylation is 1. The standard InChI is InChI=1S/C15H16NO2/c17-15(9-12-16-10-5-2-6-11-16)18-13-14-7-3-1-4-8-14/h1-8,10-11H,9,12-13H2/q+1. The van der Waals surface area contributed by atoms with E-state index in [2.05, 4.69) is 0 Å². The van der Waals surface area contributed by atoms with Crippen LogP contribution in [0.5, 0.6) is 0 Å². The molecule has 0 atom stereocenters. The molecule has 0 bridgehead atoms. The fraction of sp³-hybridized carbons (Fsp3) is 0.200. The number of carbonyl (C=O) groups is 1. The van der Waals surface area contributed by atoms with Gasteiger partial charge in [0.1, 0.15) is 13.0 Å². The lowest BCUT2D eigenvalue weighted by molar-refractivity contribution is -0.696. The normalized spacial score (nSPS) is 10.0. The molecule has 0 radical (unpaired) electrons. The first-order chi connectivity index (χ1) is 8.84. The Hall–Kier alpha value is -2.16. The number of aromatic nitrogens is 1. The summed E-state index contributed by atoms with van der Waals surface area (Å²) in [5, 5.41) is 0. The van der Waals surface area contributed by atoms with E-state index in [1.807, 2.05) is 65.5 Å². The minimum atomic E-state index is -0.171. The number of hydrogen-bond donors (Lipinski definition) is 0. The second kappa shape index (κ2) is 6.55. The smallest absolute Gasteiger partial charge is 0.312 e. The van der Waals surface area contributed by atoms with Crippen LogP contribution in [0.4, 0.5) is 0 Å². The maximum atomic E-state index is 11.6. The Labute approximate surface area is 107 Å². The van der Waals surface area contributed by atoms with Gasteiger partial charge in [0.15, 0.2) is 18.9 Å². The van der Waals surface area contributed by atoms with Crippen molar-refractivity contribution in [2.24, 2.45) is 0 Å². The third-order valence-corrected chi connectivity index (χ3v) is 2.59. The molecule has 0 amide bonds. The predicted molar refractivity (Wildman–Crippen MR) is 67.5 cm³/mol. The summed E-state index contributed by atoms with van der Waals surface area (Å²) in [6.07, 6.45) is 4.26. The third-order valence-electron chi connectivity index (χ3n) is 2.59. The Morgan fingerprint density at radius 2 is 1.67 bits per heavy atom. The lowest BCUT2D eigenvalue weighted by atomic mass is 10.2. The van der Waals surface area contributed by atoms with Gasteiger partial charge in [-0.25, -0.2) is 4.57 Å². The monoisotopic (exact) mass is 242 g/mol. The fourth-order valence-electron chi connectivity index (χ4n) is 1.61. The van der Waals surface area contributed by atoms with Crippen LogP contribution in [-0.2, 0) is 22.7 Å². The summed E-state index contributed by atoms with van der Waals surface area (Å²) in [4.78, 5) is 11.6. The number of esters is 1. The minimum Gasteiger partial charge on any atom is -0.461 e. The summed E-state index contributed by atoms with van der Waals surface area (Å²) in [6, 6.07) is 15.5. The van der Waals surface area contributed by atoms with Crippen LogP contribution in [0.25, 0.3) is 0 Å². The van der Waals surface area contributed by atoms with Crippen LogP contribution in [0.1, 0.15) is 12.0 Å². The van der Waals surface area contributed by atoms with Gasteiger partial charge in [-0.05, 0) is 5.56 Å². The molecule has 0 aliphatic heterocycles. The molecule has 1 heterocycles. The van der Waals surface area contributed by atoms with Crippen molar-refractivity contribution in [1.29, 1.82) is 0 Å². The molecule has 1 aromatic heterocycles. The highest BCUT2D eigenvalue weighted by atomic mass is 16.5. The highest BCUT2D eigenvalue weighted by Crippen LogP contribution is 2.01. The number of hydrogen-bond acceptors (Lipinski definition) is 2. The highest BCUT2D eigenvalue weighted by Gasteiger charge is 2.07. The van der Waals surface area contributed by atoms with E-state index in [0.29, 0.717) is 19.6 Å². The van der Waals surface area contributed by atoms with Crippen LogP contribution in [0, 0.1) is 0 Å². The first-order valence-electron chi connectivity index (χ1n) is 5.98. The highest BCUT2D eigenvalue weighted by molar-refractivity contribution is 5.69. The van der Waals surface area contributed by atoms with E-state index in [0.717, 1.165) is 5.56 Å². The lowest BCUT2D eigenvalue weighted by Crippen LogP contribution is -2.33. The van der Waals surface area contributed by atoms with Crippen LogP contribution in [0.15, 0.2) is 60.9 Å². The molecule has 0 aliphatic rings. The SMILES string of the molecule is O=C(CC[n+]1ccccc1)OCc1ccccc1. The maximum absolute atomic E-state index is 11.6. The minimum absolute atomic E-state index is 0.171. The van der Waals surface area contributed by atoms with E-state index in [1.54, 1.807) is 0 Å². The second-order valence-corrected chi connectivity index (χ2v) is 4.01. The van der Waals surface area contributed by atoms with Gasteiger partial charge in [0.05, 0.1) is 0 Å². The number of carbonyl (C=O) groups excluding carboxylic acids is 1. The summed E-state index contributed by atoms with van der Waals surface area (Å²) in [7, 11) is 0. The van der Waals surface area contributed by atoms with Crippen LogP contribution in [-0.4, -0.2) is 5.97 Å². The van der Waals surface area contributed by atoms with Crippen LogP contribution in [0.2, 0.25) is 0 Å². The molecule has 0 unspecified atom stereocenters. The van der Waals surface area contributed by atoms with Crippen molar-refractivity contribution in [2.75, 3.05) is 0 Å². The Morgan fingerprint density at radius 3 is 2.39 bits per heavy atom. The molecule has 0 aliphatic carbocycles. The van der Waals surface area contributed by atoms with Gasteiger partial charge in [0.25, 0.3) is 0 Å². The zero-order valence-electron chi connectivity index (χ0n) is 10.2. The molecule has 0 spiro atoms. The summed E-state index contributed by atoms with van der Waals surface area (Å²) in [6.45, 7) is 0.994. The van der Waals surface area contributed by atoms with Crippen molar-refractivity contribution >= 4 is 5.97 Å². The van der Waals surface area contributed by atoms with Crippen LogP contribution < -0.4 is 4.57 Å². The topological polar surface area (TPSA) is 30.2 Å². The second-order valence-electron chi connectivity index (χ2n) is 4.01. The van der Waals surface area contributed by atoms with E-state index in [-0.39, 0.29) is 5.97 Å². The maximum Gasteiger partial charge on any atom is 0.312 e. The lowest BCUT2D eigenvalue weighted by Gasteiger charge is -2.03. The average molecular weight is 242 g/mol. The summed E-state index contributed by atoms with van der Waals surface area (Å²) in [5.41, 5.74) is 1.01. The first-order valence-corrected chi connectivity index (χ1v) is 5.98. The fourth-order valence-corrected chi connectivity index (χ4v) is 1.61. The molecule has 0 N–H and O–H groups in total. The van der Waals surface area contributed by atoms with Gasteiger partial charge < -0.3 is 4.74 Å². The van der Waals surface area contributed by atoms with E-state index in [9.17, 15) is 4.79 Å². The Bertz CT molecular complexity index is 437. The molecule has 92 valence electrons. The number of nitrogens with zero attached hydrogens (tertiary/aromatic N) is 1. The van der Waals surface area contributed by atoms with Crippen molar-refractivity contribution in [3.8, 4) is 0 Å². The van der Waals surface area contributed by atoms with Gasteiger partial charge in [-0.2, -0.15) is 0 Å². The van der Waals surface area contributed by atoms with Crippen LogP contribution in [0.3, 0.4) is 0 Å². The molecule has 1 aromatic carbocycles. The van der Waals surface area contributed by atoms with Gasteiger partial charge in [0.2, 0.25) is 0 Å². The molecule has 3 heteroatoms. The average Bonchev–Trinajstić information content (AvgIpc) is 2.45. The molecule has 2 rings (SSSR count). The predicted octanol–water partition coefficient (Wildman–Crippen LogP) is 2.11. The van der Waals surface area contributed by atoms with Gasteiger partial charge in [0, 0.05) is 12.1 Å². The molecule has 2 aromatic rings. The molecule has 0 fully saturated rings. The molecular formula is C15H16NO2+. The molecule has 18 heavy (non-hydrogen) atoms. The van der Waals surface area contributed by atoms with E-state index in [4.69, 9.17) is 4.74 Å². The summed E-state index contributed by atoms with van der Waals surface area (Å²) < 4.78 is 7.16. The number of benzene rings is 1. The van der Waals surface area contributed by atoms with E-state index >= 15 is 0 Å². The first kappa shape index (κ1) is 12.3. The van der Waals surface area contributed by atoms with Gasteiger partial charge in [-0.15, -0.1) is 0 Å². The quantitative estimate of drug-likeness (QED) is 0.594. The zero-order chi connectivity index (χ0) is 12.6. The summed E-state index contributed by atoms with van der Waals surface area (Å²) >= 11 is 0. The van der Waals surface area contributed by atoms with Crippen molar-refractivity contribution in [1.82, 2.24) is 0 Å². The van der Waals surface area contributed by atoms with E-state index < -0.39 is 0 Å². The van der Waals surface area contributed by atoms with Crippen LogP contribution >= 0.6 is 0 Å². The summed E-state index contributed by atoms with van der Waals surface area (Å²) in [5.74, 6) is -0.171. The largest absolute Gasteiger partial charge is 0.461 e. The van der Waals surface area contributed by atoms with Crippen molar-refractivity contribution in [2.45, 2.75) is 19.6 Å². The Kier molecular flexibility index (Phi) is 4.47. The van der Waals surface area contributed by atoms with Gasteiger partial charge in [-0.1, -0.05) is 36.4 Å². The third kappa shape index (κ3) is 4.01. The van der Waals surface area contributed by atoms with Crippen molar-refractivity contribution in [3.63, 3.8) is 0 Å². The van der Waals surface area contributed by atoms with Gasteiger partial charge >= 0.3 is 5.97 Å². The number of ether oxygens (including phenoxy) is 1. The molecule has 3 nitrogen and oxygen atoms in total. The molecule has 0 saturated heterocycles. The number of rotatable bonds is 5. The zero-order valence-corrected chi connectivity index (χ0v) is 10.2. The number of pyridine rings is 1. The van der Waals surface area contributed by atoms with Crippen molar-refractivity contribution < 1.29 is 14.1 Å². The molecular weight excluding hydrogens is 226 g/mol. The van der Waals surface area contributed by atoms with Crippen molar-refractivity contribution in [3.05, 3.63) is 66.5 Å². The molecule has 0 saturated carbocycles.